The van der Waals surface area contributed by atoms with Crippen LogP contribution in [0.4, 0.5) is 0 Å². The van der Waals surface area contributed by atoms with Crippen LogP contribution in [0.15, 0.2) is 4.99 Å². The molecule has 0 aromatic heterocycles. The third-order valence-corrected chi connectivity index (χ3v) is 5.04. The van der Waals surface area contributed by atoms with Crippen LogP contribution in [0.3, 0.4) is 0 Å². The molecule has 1 aliphatic carbocycles. The van der Waals surface area contributed by atoms with Gasteiger partial charge < -0.3 is 10.6 Å². The van der Waals surface area contributed by atoms with Crippen molar-refractivity contribution >= 4 is 15.8 Å². The summed E-state index contributed by atoms with van der Waals surface area (Å²) >= 11 is 0. The third kappa shape index (κ3) is 9.72. The first-order chi connectivity index (χ1) is 10.0. The molecule has 0 aliphatic heterocycles. The predicted molar refractivity (Wildman–Crippen MR) is 89.5 cm³/mol. The van der Waals surface area contributed by atoms with E-state index in [4.69, 9.17) is 0 Å². The van der Waals surface area contributed by atoms with Crippen LogP contribution in [0.1, 0.15) is 51.4 Å². The van der Waals surface area contributed by atoms with Crippen molar-refractivity contribution in [2.75, 3.05) is 32.1 Å². The van der Waals surface area contributed by atoms with Gasteiger partial charge in [0.1, 0.15) is 9.84 Å². The number of rotatable bonds is 8. The molecule has 21 heavy (non-hydrogen) atoms. The van der Waals surface area contributed by atoms with E-state index in [-0.39, 0.29) is 5.75 Å². The summed E-state index contributed by atoms with van der Waals surface area (Å²) in [5.41, 5.74) is 0. The van der Waals surface area contributed by atoms with Gasteiger partial charge in [0, 0.05) is 26.4 Å². The maximum absolute atomic E-state index is 11.0. The fourth-order valence-corrected chi connectivity index (χ4v) is 3.50. The second-order valence-electron chi connectivity index (χ2n) is 6.06. The molecular weight excluding hydrogens is 286 g/mol. The van der Waals surface area contributed by atoms with E-state index in [1.54, 1.807) is 7.05 Å². The molecule has 1 saturated carbocycles. The minimum atomic E-state index is -2.86. The van der Waals surface area contributed by atoms with Gasteiger partial charge in [0.15, 0.2) is 5.96 Å². The van der Waals surface area contributed by atoms with Gasteiger partial charge in [0.05, 0.1) is 5.75 Å². The zero-order chi connectivity index (χ0) is 15.6. The first kappa shape index (κ1) is 18.3. The predicted octanol–water partition coefficient (Wildman–Crippen LogP) is 1.95. The highest BCUT2D eigenvalue weighted by Crippen LogP contribution is 2.26. The van der Waals surface area contributed by atoms with Crippen molar-refractivity contribution in [3.63, 3.8) is 0 Å². The lowest BCUT2D eigenvalue weighted by Gasteiger charge is -2.21. The van der Waals surface area contributed by atoms with E-state index in [0.29, 0.717) is 13.0 Å². The highest BCUT2D eigenvalue weighted by Gasteiger charge is 2.12. The average Bonchev–Trinajstić information content (AvgIpc) is 2.45. The van der Waals surface area contributed by atoms with E-state index < -0.39 is 9.84 Å². The van der Waals surface area contributed by atoms with Crippen LogP contribution < -0.4 is 10.6 Å². The standard InChI is InChI=1S/C15H31N3O2S/c1-16-15(18-12-7-13-21(2,19)20)17-11-6-10-14-8-4-3-5-9-14/h14H,3-13H2,1-2H3,(H2,16,17,18). The first-order valence-electron chi connectivity index (χ1n) is 8.13. The molecule has 2 N–H and O–H groups in total. The molecule has 0 spiro atoms. The maximum atomic E-state index is 11.0. The summed E-state index contributed by atoms with van der Waals surface area (Å²) in [6, 6.07) is 0. The quantitative estimate of drug-likeness (QED) is 0.408. The Morgan fingerprint density at radius 2 is 1.71 bits per heavy atom. The minimum Gasteiger partial charge on any atom is -0.356 e. The van der Waals surface area contributed by atoms with Gasteiger partial charge in [-0.1, -0.05) is 32.1 Å². The van der Waals surface area contributed by atoms with Crippen molar-refractivity contribution in [2.24, 2.45) is 10.9 Å². The highest BCUT2D eigenvalue weighted by molar-refractivity contribution is 7.90. The Kier molecular flexibility index (Phi) is 8.73. The van der Waals surface area contributed by atoms with E-state index >= 15 is 0 Å². The summed E-state index contributed by atoms with van der Waals surface area (Å²) in [4.78, 5) is 4.15. The molecule has 0 unspecified atom stereocenters. The van der Waals surface area contributed by atoms with Crippen LogP contribution in [0, 0.1) is 5.92 Å². The molecule has 0 atom stereocenters. The monoisotopic (exact) mass is 317 g/mol. The number of aliphatic imine (C=N–C) groups is 1. The molecule has 124 valence electrons. The van der Waals surface area contributed by atoms with Crippen molar-refractivity contribution in [3.05, 3.63) is 0 Å². The molecule has 6 heteroatoms. The molecule has 1 aliphatic rings. The van der Waals surface area contributed by atoms with Crippen molar-refractivity contribution < 1.29 is 8.42 Å². The molecule has 0 heterocycles. The van der Waals surface area contributed by atoms with E-state index in [1.165, 1.54) is 51.2 Å². The molecule has 0 aromatic carbocycles. The molecule has 0 radical (unpaired) electrons. The van der Waals surface area contributed by atoms with Crippen LogP contribution in [0.25, 0.3) is 0 Å². The summed E-state index contributed by atoms with van der Waals surface area (Å²) in [6.07, 6.45) is 11.4. The Morgan fingerprint density at radius 3 is 2.29 bits per heavy atom. The summed E-state index contributed by atoms with van der Waals surface area (Å²) in [7, 11) is -1.12. The largest absolute Gasteiger partial charge is 0.356 e. The maximum Gasteiger partial charge on any atom is 0.190 e. The fourth-order valence-electron chi connectivity index (χ4n) is 2.84. The van der Waals surface area contributed by atoms with E-state index in [1.807, 2.05) is 0 Å². The number of guanidine groups is 1. The molecule has 0 aromatic rings. The number of hydrogen-bond acceptors (Lipinski definition) is 3. The van der Waals surface area contributed by atoms with Crippen LogP contribution in [-0.4, -0.2) is 46.5 Å². The highest BCUT2D eigenvalue weighted by atomic mass is 32.2. The van der Waals surface area contributed by atoms with Crippen LogP contribution in [0.5, 0.6) is 0 Å². The zero-order valence-electron chi connectivity index (χ0n) is 13.5. The van der Waals surface area contributed by atoms with Crippen LogP contribution in [-0.2, 0) is 9.84 Å². The lowest BCUT2D eigenvalue weighted by Crippen LogP contribution is -2.38. The van der Waals surface area contributed by atoms with Crippen molar-refractivity contribution in [3.8, 4) is 0 Å². The molecule has 0 amide bonds. The van der Waals surface area contributed by atoms with Crippen LogP contribution >= 0.6 is 0 Å². The number of nitrogens with one attached hydrogen (secondary N) is 2. The molecule has 5 nitrogen and oxygen atoms in total. The van der Waals surface area contributed by atoms with Gasteiger partial charge >= 0.3 is 0 Å². The van der Waals surface area contributed by atoms with E-state index in [2.05, 4.69) is 15.6 Å². The van der Waals surface area contributed by atoms with Gasteiger partial charge in [-0.05, 0) is 25.2 Å². The summed E-state index contributed by atoms with van der Waals surface area (Å²) < 4.78 is 22.1. The Morgan fingerprint density at radius 1 is 1.10 bits per heavy atom. The molecule has 0 saturated heterocycles. The Labute approximate surface area is 129 Å². The minimum absolute atomic E-state index is 0.221. The molecule has 0 bridgehead atoms. The summed E-state index contributed by atoms with van der Waals surface area (Å²) in [5.74, 6) is 1.91. The molecular formula is C15H31N3O2S. The summed E-state index contributed by atoms with van der Waals surface area (Å²) in [6.45, 7) is 1.57. The smallest absolute Gasteiger partial charge is 0.190 e. The number of sulfone groups is 1. The van der Waals surface area contributed by atoms with Crippen molar-refractivity contribution in [1.29, 1.82) is 0 Å². The van der Waals surface area contributed by atoms with Gasteiger partial charge in [0.2, 0.25) is 0 Å². The average molecular weight is 317 g/mol. The second-order valence-corrected chi connectivity index (χ2v) is 8.32. The Balaban J connectivity index is 2.05. The second kappa shape index (κ2) is 10.0. The summed E-state index contributed by atoms with van der Waals surface area (Å²) in [5, 5.41) is 6.45. The number of nitrogens with zero attached hydrogens (tertiary/aromatic N) is 1. The van der Waals surface area contributed by atoms with E-state index in [0.717, 1.165) is 18.4 Å². The third-order valence-electron chi connectivity index (χ3n) is 4.01. The van der Waals surface area contributed by atoms with Crippen molar-refractivity contribution in [1.82, 2.24) is 10.6 Å². The topological polar surface area (TPSA) is 70.6 Å². The van der Waals surface area contributed by atoms with Crippen molar-refractivity contribution in [2.45, 2.75) is 51.4 Å². The first-order valence-corrected chi connectivity index (χ1v) is 10.2. The van der Waals surface area contributed by atoms with Gasteiger partial charge in [0.25, 0.3) is 0 Å². The van der Waals surface area contributed by atoms with Gasteiger partial charge in [-0.15, -0.1) is 0 Å². The van der Waals surface area contributed by atoms with Gasteiger partial charge in [-0.25, -0.2) is 8.42 Å². The molecule has 1 rings (SSSR count). The normalized spacial score (nSPS) is 17.7. The SMILES string of the molecule is CN=C(NCCCC1CCCCC1)NCCCS(C)(=O)=O. The lowest BCUT2D eigenvalue weighted by molar-refractivity contribution is 0.332. The molecule has 1 fully saturated rings. The van der Waals surface area contributed by atoms with Gasteiger partial charge in [-0.3, -0.25) is 4.99 Å². The van der Waals surface area contributed by atoms with Crippen LogP contribution in [0.2, 0.25) is 0 Å². The Bertz CT molecular complexity index is 401. The zero-order valence-corrected chi connectivity index (χ0v) is 14.3. The van der Waals surface area contributed by atoms with E-state index in [9.17, 15) is 8.42 Å². The number of hydrogen-bond donors (Lipinski definition) is 2. The van der Waals surface area contributed by atoms with Gasteiger partial charge in [-0.2, -0.15) is 0 Å². The Hall–Kier alpha value is -0.780. The fraction of sp³-hybridized carbons (Fsp3) is 0.933. The lowest BCUT2D eigenvalue weighted by atomic mass is 9.86.